The molecular weight excluding hydrogens is 510 g/mol. The van der Waals surface area contributed by atoms with Crippen LogP contribution in [0.25, 0.3) is 50.1 Å². The van der Waals surface area contributed by atoms with Gasteiger partial charge in [0.05, 0.1) is 28.1 Å². The number of nitrogens with zero attached hydrogens (tertiary/aromatic N) is 3. The fraction of sp³-hybridized carbons (Fsp3) is 0.0513. The van der Waals surface area contributed by atoms with Gasteiger partial charge in [0.25, 0.3) is 0 Å². The minimum absolute atomic E-state index is 0.852. The van der Waals surface area contributed by atoms with Crippen LogP contribution >= 0.6 is 0 Å². The lowest BCUT2D eigenvalue weighted by atomic mass is 9.93. The van der Waals surface area contributed by atoms with Gasteiger partial charge in [-0.25, -0.2) is 4.98 Å². The van der Waals surface area contributed by atoms with Crippen LogP contribution in [0.2, 0.25) is 0 Å². The molecule has 1 aromatic heterocycles. The van der Waals surface area contributed by atoms with Crippen LogP contribution in [0.1, 0.15) is 12.7 Å². The highest BCUT2D eigenvalue weighted by Crippen LogP contribution is 2.48. The molecule has 2 heterocycles. The Morgan fingerprint density at radius 3 is 1.69 bits per heavy atom. The molecule has 0 amide bonds. The van der Waals surface area contributed by atoms with Gasteiger partial charge in [-0.2, -0.15) is 0 Å². The predicted octanol–water partition coefficient (Wildman–Crippen LogP) is 10.4. The standard InChI is InChI=1S/C39H29N3/c1-2-38-40-34-19-12-20-36-39(34)42(38)37-26-29(21-22-35(37)41(36)33-17-10-5-11-18-33)32-24-30(27-13-6-3-7-14-27)23-31(25-32)28-15-8-4-9-16-28/h3-26H,2H2,1H3. The van der Waals surface area contributed by atoms with Gasteiger partial charge in [0.2, 0.25) is 0 Å². The molecule has 0 saturated carbocycles. The summed E-state index contributed by atoms with van der Waals surface area (Å²) in [6.45, 7) is 2.19. The van der Waals surface area contributed by atoms with Gasteiger partial charge in [0.1, 0.15) is 5.82 Å². The molecule has 0 saturated heterocycles. The third-order valence-corrected chi connectivity index (χ3v) is 8.23. The zero-order valence-electron chi connectivity index (χ0n) is 23.4. The van der Waals surface area contributed by atoms with Gasteiger partial charge in [0, 0.05) is 12.1 Å². The van der Waals surface area contributed by atoms with Crippen LogP contribution in [0.5, 0.6) is 0 Å². The molecule has 3 heteroatoms. The van der Waals surface area contributed by atoms with Crippen molar-refractivity contribution in [1.29, 1.82) is 0 Å². The second-order valence-electron chi connectivity index (χ2n) is 10.8. The number of para-hydroxylation sites is 2. The Morgan fingerprint density at radius 2 is 1.07 bits per heavy atom. The summed E-state index contributed by atoms with van der Waals surface area (Å²) in [6.07, 6.45) is 0.852. The number of anilines is 3. The van der Waals surface area contributed by atoms with Gasteiger partial charge < -0.3 is 4.90 Å². The SMILES string of the molecule is CCc1nc2cccc3c2n1-c1cc(-c2cc(-c4ccccc4)cc(-c4ccccc4)c2)ccc1N3c1ccccc1. The van der Waals surface area contributed by atoms with Gasteiger partial charge in [-0.15, -0.1) is 0 Å². The lowest BCUT2D eigenvalue weighted by Gasteiger charge is -2.33. The van der Waals surface area contributed by atoms with Crippen LogP contribution in [-0.2, 0) is 6.42 Å². The van der Waals surface area contributed by atoms with E-state index in [1.807, 2.05) is 0 Å². The first kappa shape index (κ1) is 24.4. The van der Waals surface area contributed by atoms with Crippen molar-refractivity contribution in [3.05, 3.63) is 151 Å². The number of rotatable bonds is 5. The van der Waals surface area contributed by atoms with E-state index in [0.717, 1.165) is 46.0 Å². The van der Waals surface area contributed by atoms with Gasteiger partial charge in [0.15, 0.2) is 0 Å². The normalized spacial score (nSPS) is 12.0. The first-order chi connectivity index (χ1) is 20.8. The zero-order chi connectivity index (χ0) is 28.0. The summed E-state index contributed by atoms with van der Waals surface area (Å²) in [5.74, 6) is 1.08. The summed E-state index contributed by atoms with van der Waals surface area (Å²) in [5.41, 5.74) is 14.0. The molecule has 42 heavy (non-hydrogen) atoms. The molecule has 0 N–H and O–H groups in total. The minimum atomic E-state index is 0.852. The molecule has 6 aromatic carbocycles. The van der Waals surface area contributed by atoms with Crippen LogP contribution in [0.3, 0.4) is 0 Å². The summed E-state index contributed by atoms with van der Waals surface area (Å²) in [7, 11) is 0. The van der Waals surface area contributed by atoms with Crippen LogP contribution in [0.4, 0.5) is 17.1 Å². The maximum absolute atomic E-state index is 5.08. The van der Waals surface area contributed by atoms with Gasteiger partial charge in [-0.3, -0.25) is 4.57 Å². The molecule has 8 rings (SSSR count). The van der Waals surface area contributed by atoms with Crippen molar-refractivity contribution >= 4 is 28.1 Å². The van der Waals surface area contributed by atoms with E-state index in [9.17, 15) is 0 Å². The maximum atomic E-state index is 5.08. The Balaban J connectivity index is 1.38. The van der Waals surface area contributed by atoms with E-state index in [1.165, 1.54) is 33.4 Å². The average molecular weight is 540 g/mol. The fourth-order valence-electron chi connectivity index (χ4n) is 6.28. The molecule has 0 fully saturated rings. The molecule has 3 nitrogen and oxygen atoms in total. The van der Waals surface area contributed by atoms with E-state index in [1.54, 1.807) is 0 Å². The lowest BCUT2D eigenvalue weighted by molar-refractivity contribution is 0.900. The van der Waals surface area contributed by atoms with E-state index in [0.29, 0.717) is 0 Å². The molecular formula is C39H29N3. The molecule has 0 radical (unpaired) electrons. The molecule has 1 aliphatic rings. The van der Waals surface area contributed by atoms with Crippen molar-refractivity contribution in [3.63, 3.8) is 0 Å². The summed E-state index contributed by atoms with van der Waals surface area (Å²) >= 11 is 0. The maximum Gasteiger partial charge on any atom is 0.114 e. The molecule has 200 valence electrons. The monoisotopic (exact) mass is 539 g/mol. The number of aromatic nitrogens is 2. The van der Waals surface area contributed by atoms with Crippen LogP contribution in [0, 0.1) is 0 Å². The zero-order valence-corrected chi connectivity index (χ0v) is 23.4. The Morgan fingerprint density at radius 1 is 0.476 bits per heavy atom. The molecule has 7 aromatic rings. The smallest absolute Gasteiger partial charge is 0.114 e. The number of benzene rings is 6. The Bertz CT molecular complexity index is 2000. The van der Waals surface area contributed by atoms with Gasteiger partial charge in [-0.05, 0) is 88.0 Å². The van der Waals surface area contributed by atoms with E-state index in [-0.39, 0.29) is 0 Å². The first-order valence-electron chi connectivity index (χ1n) is 14.5. The number of fused-ring (bicyclic) bond motifs is 2. The van der Waals surface area contributed by atoms with Gasteiger partial charge in [-0.1, -0.05) is 97.9 Å². The van der Waals surface area contributed by atoms with Crippen LogP contribution in [-0.4, -0.2) is 9.55 Å². The Hall–Kier alpha value is -5.41. The summed E-state index contributed by atoms with van der Waals surface area (Å²) in [4.78, 5) is 7.45. The number of hydrogen-bond acceptors (Lipinski definition) is 2. The quantitative estimate of drug-likeness (QED) is 0.217. The molecule has 1 aliphatic heterocycles. The minimum Gasteiger partial charge on any atom is -0.306 e. The summed E-state index contributed by atoms with van der Waals surface area (Å²) in [5, 5.41) is 0. The van der Waals surface area contributed by atoms with Gasteiger partial charge >= 0.3 is 0 Å². The van der Waals surface area contributed by atoms with E-state index < -0.39 is 0 Å². The van der Waals surface area contributed by atoms with E-state index >= 15 is 0 Å². The third kappa shape index (κ3) is 3.93. The second kappa shape index (κ2) is 9.90. The summed E-state index contributed by atoms with van der Waals surface area (Å²) < 4.78 is 2.38. The highest BCUT2D eigenvalue weighted by atomic mass is 15.2. The highest BCUT2D eigenvalue weighted by Gasteiger charge is 2.29. The molecule has 0 bridgehead atoms. The highest BCUT2D eigenvalue weighted by molar-refractivity contribution is 6.02. The Labute approximate surface area is 246 Å². The van der Waals surface area contributed by atoms with E-state index in [4.69, 9.17) is 4.98 Å². The number of imidazole rings is 1. The van der Waals surface area contributed by atoms with Crippen molar-refractivity contribution < 1.29 is 0 Å². The van der Waals surface area contributed by atoms with Crippen molar-refractivity contribution in [2.24, 2.45) is 0 Å². The number of hydrogen-bond donors (Lipinski definition) is 0. The van der Waals surface area contributed by atoms with Crippen molar-refractivity contribution in [1.82, 2.24) is 9.55 Å². The van der Waals surface area contributed by atoms with Crippen LogP contribution < -0.4 is 4.90 Å². The topological polar surface area (TPSA) is 21.1 Å². The lowest BCUT2D eigenvalue weighted by Crippen LogP contribution is -2.19. The van der Waals surface area contributed by atoms with Crippen molar-refractivity contribution in [2.75, 3.05) is 4.90 Å². The van der Waals surface area contributed by atoms with Crippen molar-refractivity contribution in [3.8, 4) is 39.1 Å². The average Bonchev–Trinajstić information content (AvgIpc) is 3.46. The van der Waals surface area contributed by atoms with Crippen LogP contribution in [0.15, 0.2) is 146 Å². The molecule has 0 unspecified atom stereocenters. The third-order valence-electron chi connectivity index (χ3n) is 8.23. The fourth-order valence-corrected chi connectivity index (χ4v) is 6.28. The molecule has 0 aliphatic carbocycles. The predicted molar refractivity (Wildman–Crippen MR) is 175 cm³/mol. The molecule has 0 spiro atoms. The Kier molecular flexibility index (Phi) is 5.75. The van der Waals surface area contributed by atoms with E-state index in [2.05, 4.69) is 162 Å². The first-order valence-corrected chi connectivity index (χ1v) is 14.5. The van der Waals surface area contributed by atoms with Crippen molar-refractivity contribution in [2.45, 2.75) is 13.3 Å². The molecule has 0 atom stereocenters. The largest absolute Gasteiger partial charge is 0.306 e. The second-order valence-corrected chi connectivity index (χ2v) is 10.8. The number of aryl methyl sites for hydroxylation is 1. The summed E-state index contributed by atoms with van der Waals surface area (Å²) in [6, 6.07) is 52.2.